The van der Waals surface area contributed by atoms with Crippen molar-refractivity contribution in [3.05, 3.63) is 24.3 Å². The smallest absolute Gasteiger partial charge is 0.229 e. The first kappa shape index (κ1) is 13.8. The van der Waals surface area contributed by atoms with E-state index in [-0.39, 0.29) is 0 Å². The highest BCUT2D eigenvalue weighted by atomic mass is 32.2. The summed E-state index contributed by atoms with van der Waals surface area (Å²) in [6.07, 6.45) is 3.40. The molecule has 0 saturated carbocycles. The van der Waals surface area contributed by atoms with Crippen LogP contribution in [-0.4, -0.2) is 20.7 Å². The molecule has 0 aliphatic rings. The van der Waals surface area contributed by atoms with Crippen molar-refractivity contribution in [3.8, 4) is 0 Å². The number of rotatable bonds is 6. The Morgan fingerprint density at radius 2 is 1.71 bits per heavy atom. The second kappa shape index (κ2) is 5.91. The minimum Gasteiger partial charge on any atom is -0.383 e. The molecule has 5 heteroatoms. The fourth-order valence-corrected chi connectivity index (χ4v) is 2.20. The molecule has 0 amide bonds. The fourth-order valence-electron chi connectivity index (χ4n) is 1.64. The molecule has 1 unspecified atom stereocenters. The van der Waals surface area contributed by atoms with Gasteiger partial charge in [-0.05, 0) is 37.6 Å². The minimum absolute atomic E-state index is 0.425. The molecule has 0 aromatic heterocycles. The molecular weight excluding hydrogens is 236 g/mol. The Kier molecular flexibility index (Phi) is 4.81. The van der Waals surface area contributed by atoms with Crippen LogP contribution in [0.1, 0.15) is 26.7 Å². The first-order valence-electron chi connectivity index (χ1n) is 5.75. The van der Waals surface area contributed by atoms with E-state index in [1.165, 1.54) is 0 Å². The van der Waals surface area contributed by atoms with Gasteiger partial charge >= 0.3 is 0 Å². The summed E-state index contributed by atoms with van der Waals surface area (Å²) in [4.78, 5) is 0. The summed E-state index contributed by atoms with van der Waals surface area (Å²) < 4.78 is 24.5. The van der Waals surface area contributed by atoms with Crippen LogP contribution in [-0.2, 0) is 10.0 Å². The van der Waals surface area contributed by atoms with Crippen LogP contribution >= 0.6 is 0 Å². The van der Waals surface area contributed by atoms with Crippen LogP contribution in [0.2, 0.25) is 0 Å². The third-order valence-corrected chi connectivity index (χ3v) is 2.93. The van der Waals surface area contributed by atoms with Gasteiger partial charge in [-0.3, -0.25) is 4.72 Å². The Bertz CT molecular complexity index is 440. The van der Waals surface area contributed by atoms with Crippen molar-refractivity contribution >= 4 is 21.4 Å². The van der Waals surface area contributed by atoms with E-state index in [4.69, 9.17) is 0 Å². The predicted molar refractivity (Wildman–Crippen MR) is 72.9 cm³/mol. The molecule has 17 heavy (non-hydrogen) atoms. The maximum atomic E-state index is 11.0. The van der Waals surface area contributed by atoms with Gasteiger partial charge in [0.25, 0.3) is 0 Å². The van der Waals surface area contributed by atoms with Gasteiger partial charge in [0, 0.05) is 17.4 Å². The molecule has 0 spiro atoms. The lowest BCUT2D eigenvalue weighted by Crippen LogP contribution is -2.14. The van der Waals surface area contributed by atoms with Gasteiger partial charge in [-0.25, -0.2) is 8.42 Å². The molecule has 0 aliphatic carbocycles. The van der Waals surface area contributed by atoms with E-state index in [9.17, 15) is 8.42 Å². The Morgan fingerprint density at radius 1 is 1.18 bits per heavy atom. The van der Waals surface area contributed by atoms with Gasteiger partial charge in [0.2, 0.25) is 10.0 Å². The monoisotopic (exact) mass is 256 g/mol. The molecule has 1 aromatic carbocycles. The summed E-state index contributed by atoms with van der Waals surface area (Å²) in [7, 11) is -3.19. The van der Waals surface area contributed by atoms with Crippen molar-refractivity contribution in [1.82, 2.24) is 0 Å². The van der Waals surface area contributed by atoms with Gasteiger partial charge in [0.05, 0.1) is 6.26 Å². The quantitative estimate of drug-likeness (QED) is 0.822. The number of sulfonamides is 1. The first-order valence-corrected chi connectivity index (χ1v) is 7.64. The molecule has 0 heterocycles. The SMILES string of the molecule is CCCC(C)Nc1ccc(NS(C)(=O)=O)cc1. The summed E-state index contributed by atoms with van der Waals surface area (Å²) in [6.45, 7) is 4.28. The van der Waals surface area contributed by atoms with E-state index in [2.05, 4.69) is 23.9 Å². The lowest BCUT2D eigenvalue weighted by atomic mass is 10.2. The van der Waals surface area contributed by atoms with E-state index >= 15 is 0 Å². The number of anilines is 2. The van der Waals surface area contributed by atoms with E-state index in [0.29, 0.717) is 11.7 Å². The molecule has 0 fully saturated rings. The van der Waals surface area contributed by atoms with Crippen molar-refractivity contribution in [2.24, 2.45) is 0 Å². The first-order chi connectivity index (χ1) is 7.90. The normalized spacial score (nSPS) is 13.1. The lowest BCUT2D eigenvalue weighted by molar-refractivity contribution is 0.607. The van der Waals surface area contributed by atoms with Gasteiger partial charge in [-0.1, -0.05) is 13.3 Å². The van der Waals surface area contributed by atoms with Crippen LogP contribution in [0.4, 0.5) is 11.4 Å². The van der Waals surface area contributed by atoms with E-state index < -0.39 is 10.0 Å². The number of hydrogen-bond acceptors (Lipinski definition) is 3. The van der Waals surface area contributed by atoms with Gasteiger partial charge in [-0.15, -0.1) is 0 Å². The standard InChI is InChI=1S/C12H20N2O2S/c1-4-5-10(2)13-11-6-8-12(9-7-11)14-17(3,15)16/h6-10,13-14H,4-5H2,1-3H3. The van der Waals surface area contributed by atoms with Crippen LogP contribution < -0.4 is 10.0 Å². The Morgan fingerprint density at radius 3 is 2.18 bits per heavy atom. The van der Waals surface area contributed by atoms with Crippen molar-refractivity contribution in [1.29, 1.82) is 0 Å². The van der Waals surface area contributed by atoms with Crippen LogP contribution in [0, 0.1) is 0 Å². The molecule has 0 aliphatic heterocycles. The maximum Gasteiger partial charge on any atom is 0.229 e. The van der Waals surface area contributed by atoms with E-state index in [0.717, 1.165) is 24.8 Å². The highest BCUT2D eigenvalue weighted by molar-refractivity contribution is 7.92. The zero-order valence-corrected chi connectivity index (χ0v) is 11.3. The highest BCUT2D eigenvalue weighted by Crippen LogP contribution is 2.16. The van der Waals surface area contributed by atoms with Crippen LogP contribution in [0.3, 0.4) is 0 Å². The maximum absolute atomic E-state index is 11.0. The third kappa shape index (κ3) is 5.58. The number of nitrogens with one attached hydrogen (secondary N) is 2. The van der Waals surface area contributed by atoms with Gasteiger partial charge in [0.15, 0.2) is 0 Å². The lowest BCUT2D eigenvalue weighted by Gasteiger charge is -2.14. The van der Waals surface area contributed by atoms with Gasteiger partial charge < -0.3 is 5.32 Å². The van der Waals surface area contributed by atoms with Gasteiger partial charge in [-0.2, -0.15) is 0 Å². The second-order valence-electron chi connectivity index (χ2n) is 4.29. The molecule has 2 N–H and O–H groups in total. The van der Waals surface area contributed by atoms with Crippen LogP contribution in [0.5, 0.6) is 0 Å². The molecule has 0 radical (unpaired) electrons. The third-order valence-electron chi connectivity index (χ3n) is 2.32. The average Bonchev–Trinajstić information content (AvgIpc) is 2.19. The summed E-state index contributed by atoms with van der Waals surface area (Å²) in [5.41, 5.74) is 1.59. The highest BCUT2D eigenvalue weighted by Gasteiger charge is 2.03. The topological polar surface area (TPSA) is 58.2 Å². The largest absolute Gasteiger partial charge is 0.383 e. The Labute approximate surface area is 103 Å². The van der Waals surface area contributed by atoms with Crippen LogP contribution in [0.25, 0.3) is 0 Å². The second-order valence-corrected chi connectivity index (χ2v) is 6.03. The summed E-state index contributed by atoms with van der Waals surface area (Å²) in [6, 6.07) is 7.68. The summed E-state index contributed by atoms with van der Waals surface area (Å²) in [5.74, 6) is 0. The molecule has 1 rings (SSSR count). The number of hydrogen-bond donors (Lipinski definition) is 2. The molecule has 0 saturated heterocycles. The van der Waals surface area contributed by atoms with Crippen molar-refractivity contribution in [2.45, 2.75) is 32.7 Å². The zero-order valence-electron chi connectivity index (χ0n) is 10.5. The average molecular weight is 256 g/mol. The zero-order chi connectivity index (χ0) is 12.9. The van der Waals surface area contributed by atoms with E-state index in [1.807, 2.05) is 12.1 Å². The predicted octanol–water partition coefficient (Wildman–Crippen LogP) is 2.66. The molecule has 1 aromatic rings. The fraction of sp³-hybridized carbons (Fsp3) is 0.500. The van der Waals surface area contributed by atoms with E-state index in [1.54, 1.807) is 12.1 Å². The minimum atomic E-state index is -3.19. The summed E-state index contributed by atoms with van der Waals surface area (Å²) in [5, 5.41) is 3.36. The van der Waals surface area contributed by atoms with Crippen molar-refractivity contribution in [3.63, 3.8) is 0 Å². The van der Waals surface area contributed by atoms with Gasteiger partial charge in [0.1, 0.15) is 0 Å². The molecule has 0 bridgehead atoms. The molecule has 4 nitrogen and oxygen atoms in total. The van der Waals surface area contributed by atoms with Crippen molar-refractivity contribution < 1.29 is 8.42 Å². The van der Waals surface area contributed by atoms with Crippen LogP contribution in [0.15, 0.2) is 24.3 Å². The molecule has 1 atom stereocenters. The Hall–Kier alpha value is -1.23. The molecule has 96 valence electrons. The Balaban J connectivity index is 2.62. The molecular formula is C12H20N2O2S. The number of benzene rings is 1. The van der Waals surface area contributed by atoms with Crippen molar-refractivity contribution in [2.75, 3.05) is 16.3 Å². The summed E-state index contributed by atoms with van der Waals surface area (Å²) >= 11 is 0.